The van der Waals surface area contributed by atoms with Gasteiger partial charge in [-0.3, -0.25) is 10.1 Å². The van der Waals surface area contributed by atoms with Crippen molar-refractivity contribution in [3.05, 3.63) is 85.6 Å². The molecule has 0 radical (unpaired) electrons. The lowest BCUT2D eigenvalue weighted by atomic mass is 10.0. The summed E-state index contributed by atoms with van der Waals surface area (Å²) in [7, 11) is 0. The summed E-state index contributed by atoms with van der Waals surface area (Å²) in [6.07, 6.45) is 4.81. The Bertz CT molecular complexity index is 1430. The average molecular weight is 578 g/mol. The molecule has 192 valence electrons. The summed E-state index contributed by atoms with van der Waals surface area (Å²) in [6.45, 7) is 4.08. The molecule has 0 fully saturated rings. The summed E-state index contributed by atoms with van der Waals surface area (Å²) >= 11 is 15.7. The van der Waals surface area contributed by atoms with Gasteiger partial charge in [-0.15, -0.1) is 11.8 Å². The third-order valence-electron chi connectivity index (χ3n) is 5.27. The van der Waals surface area contributed by atoms with Crippen LogP contribution in [0.2, 0.25) is 10.0 Å². The highest BCUT2D eigenvalue weighted by Gasteiger charge is 2.19. The molecule has 0 spiro atoms. The molecular formula is C25H22Cl2N4O4S2. The molecule has 37 heavy (non-hydrogen) atoms. The summed E-state index contributed by atoms with van der Waals surface area (Å²) in [5, 5.41) is 17.8. The van der Waals surface area contributed by atoms with Crippen molar-refractivity contribution in [1.82, 2.24) is 14.8 Å². The third-order valence-corrected chi connectivity index (χ3v) is 8.41. The van der Waals surface area contributed by atoms with Crippen molar-refractivity contribution in [2.75, 3.05) is 5.75 Å². The molecule has 2 heterocycles. The van der Waals surface area contributed by atoms with Gasteiger partial charge in [0.25, 0.3) is 5.69 Å². The normalized spacial score (nSPS) is 10.5. The number of thiazole rings is 1. The number of para-hydroxylation sites is 1. The van der Waals surface area contributed by atoms with Crippen LogP contribution in [0.5, 0.6) is 0 Å². The maximum Gasteiger partial charge on any atom is 0.373 e. The first kappa shape index (κ1) is 28.6. The molecule has 2 aromatic heterocycles. The minimum atomic E-state index is -0.348. The Balaban J connectivity index is 0.00000121. The second-order valence-electron chi connectivity index (χ2n) is 7.79. The van der Waals surface area contributed by atoms with Gasteiger partial charge in [-0.2, -0.15) is 14.7 Å². The molecule has 0 amide bonds. The highest BCUT2D eigenvalue weighted by molar-refractivity contribution is 8.01. The van der Waals surface area contributed by atoms with E-state index in [9.17, 15) is 10.1 Å². The van der Waals surface area contributed by atoms with E-state index in [0.29, 0.717) is 22.0 Å². The Labute approximate surface area is 231 Å². The van der Waals surface area contributed by atoms with Gasteiger partial charge >= 0.3 is 6.15 Å². The number of aromatic nitrogens is 3. The molecule has 0 atom stereocenters. The number of unbranched alkanes of at least 4 members (excludes halogenated alkanes) is 1. The van der Waals surface area contributed by atoms with Gasteiger partial charge in [-0.1, -0.05) is 72.1 Å². The fourth-order valence-corrected chi connectivity index (χ4v) is 6.11. The van der Waals surface area contributed by atoms with Crippen LogP contribution in [0.4, 0.5) is 5.69 Å². The predicted molar refractivity (Wildman–Crippen MR) is 146 cm³/mol. The maximum atomic E-state index is 11.4. The molecule has 4 rings (SSSR count). The van der Waals surface area contributed by atoms with E-state index in [2.05, 4.69) is 12.0 Å². The smallest absolute Gasteiger partial charge is 0.258 e. The van der Waals surface area contributed by atoms with Gasteiger partial charge in [0, 0.05) is 29.8 Å². The molecule has 0 saturated carbocycles. The predicted octanol–water partition coefficient (Wildman–Crippen LogP) is 7.42. The van der Waals surface area contributed by atoms with Crippen molar-refractivity contribution in [2.45, 2.75) is 37.3 Å². The van der Waals surface area contributed by atoms with Crippen molar-refractivity contribution in [1.29, 1.82) is 0 Å². The fourth-order valence-electron chi connectivity index (χ4n) is 3.44. The van der Waals surface area contributed by atoms with Gasteiger partial charge < -0.3 is 0 Å². The molecule has 4 aromatic rings. The molecule has 12 heteroatoms. The van der Waals surface area contributed by atoms with E-state index in [1.807, 2.05) is 31.3 Å². The number of thioether (sulfide) groups is 1. The van der Waals surface area contributed by atoms with E-state index in [-0.39, 0.29) is 16.8 Å². The molecule has 0 aliphatic carbocycles. The van der Waals surface area contributed by atoms with E-state index in [1.54, 1.807) is 46.0 Å². The molecule has 0 aliphatic heterocycles. The van der Waals surface area contributed by atoms with E-state index in [4.69, 9.17) is 37.8 Å². The van der Waals surface area contributed by atoms with Crippen LogP contribution in [0.1, 0.15) is 36.6 Å². The van der Waals surface area contributed by atoms with Crippen LogP contribution in [-0.2, 0) is 16.0 Å². The molecule has 0 bridgehead atoms. The van der Waals surface area contributed by atoms with E-state index < -0.39 is 0 Å². The molecule has 0 aliphatic rings. The number of carbonyl (C=O) groups excluding carboxylic acids is 2. The van der Waals surface area contributed by atoms with Crippen LogP contribution >= 0.6 is 46.3 Å². The van der Waals surface area contributed by atoms with E-state index in [1.165, 1.54) is 6.07 Å². The number of hydrogen-bond donors (Lipinski definition) is 0. The Morgan fingerprint density at radius 1 is 1.14 bits per heavy atom. The minimum Gasteiger partial charge on any atom is -0.258 e. The van der Waals surface area contributed by atoms with Crippen LogP contribution in [0.25, 0.3) is 16.4 Å². The summed E-state index contributed by atoms with van der Waals surface area (Å²) in [5.41, 5.74) is 4.25. The van der Waals surface area contributed by atoms with Gasteiger partial charge in [0.2, 0.25) is 5.13 Å². The van der Waals surface area contributed by atoms with Crippen LogP contribution in [0.15, 0.2) is 52.9 Å². The Morgan fingerprint density at radius 2 is 1.86 bits per heavy atom. The zero-order chi connectivity index (χ0) is 26.9. The van der Waals surface area contributed by atoms with Crippen LogP contribution < -0.4 is 0 Å². The lowest BCUT2D eigenvalue weighted by molar-refractivity contribution is -0.385. The van der Waals surface area contributed by atoms with Gasteiger partial charge in [0.15, 0.2) is 0 Å². The molecule has 8 nitrogen and oxygen atoms in total. The molecule has 0 unspecified atom stereocenters. The third kappa shape index (κ3) is 7.28. The first-order chi connectivity index (χ1) is 17.8. The highest BCUT2D eigenvalue weighted by atomic mass is 35.5. The molecule has 0 saturated heterocycles. The van der Waals surface area contributed by atoms with Crippen LogP contribution in [0, 0.1) is 17.0 Å². The van der Waals surface area contributed by atoms with E-state index in [0.717, 1.165) is 50.4 Å². The zero-order valence-electron chi connectivity index (χ0n) is 19.9. The number of hydrogen-bond acceptors (Lipinski definition) is 8. The highest BCUT2D eigenvalue weighted by Crippen LogP contribution is 2.40. The van der Waals surface area contributed by atoms with Gasteiger partial charge in [0.05, 0.1) is 30.6 Å². The minimum absolute atomic E-state index is 0.111. The van der Waals surface area contributed by atoms with Crippen molar-refractivity contribution in [3.8, 4) is 16.4 Å². The van der Waals surface area contributed by atoms with Crippen LogP contribution in [-0.4, -0.2) is 31.6 Å². The number of rotatable bonds is 9. The standard InChI is InChI=1S/C24H22Cl2N4O2S2.CO2/c1-3-4-11-33-23-22(17-9-10-19(25)20(26)13-17)27-24(34-23)29-14-18(15(2)28-29)12-16-7-5-6-8-21(16)30(31)32;2-1-3/h5-10,13-14H,3-4,11-12H2,1-2H3;. The summed E-state index contributed by atoms with van der Waals surface area (Å²) in [6, 6.07) is 12.3. The Morgan fingerprint density at radius 3 is 2.54 bits per heavy atom. The molecule has 0 N–H and O–H groups in total. The van der Waals surface area contributed by atoms with Crippen molar-refractivity contribution in [3.63, 3.8) is 0 Å². The topological polar surface area (TPSA) is 108 Å². The number of halogens is 2. The number of benzene rings is 2. The van der Waals surface area contributed by atoms with E-state index >= 15 is 0 Å². The summed E-state index contributed by atoms with van der Waals surface area (Å²) in [5.74, 6) is 0.994. The van der Waals surface area contributed by atoms with Crippen LogP contribution in [0.3, 0.4) is 0 Å². The summed E-state index contributed by atoms with van der Waals surface area (Å²) in [4.78, 5) is 32.2. The monoisotopic (exact) mass is 576 g/mol. The second-order valence-corrected chi connectivity index (χ2v) is 10.9. The Kier molecular flexibility index (Phi) is 10.4. The Hall–Kier alpha value is -3.01. The average Bonchev–Trinajstić information content (AvgIpc) is 3.45. The lowest BCUT2D eigenvalue weighted by Gasteiger charge is -2.03. The summed E-state index contributed by atoms with van der Waals surface area (Å²) < 4.78 is 2.85. The fraction of sp³-hybridized carbons (Fsp3) is 0.240. The lowest BCUT2D eigenvalue weighted by Crippen LogP contribution is -1.96. The quantitative estimate of drug-likeness (QED) is 0.0882. The van der Waals surface area contributed by atoms with Crippen molar-refractivity contribution in [2.24, 2.45) is 0 Å². The largest absolute Gasteiger partial charge is 0.373 e. The first-order valence-electron chi connectivity index (χ1n) is 11.1. The zero-order valence-corrected chi connectivity index (χ0v) is 23.1. The second kappa shape index (κ2) is 13.5. The van der Waals surface area contributed by atoms with Gasteiger partial charge in [-0.05, 0) is 36.8 Å². The number of nitro benzene ring substituents is 1. The van der Waals surface area contributed by atoms with Crippen molar-refractivity contribution >= 4 is 58.1 Å². The number of aryl methyl sites for hydroxylation is 1. The van der Waals surface area contributed by atoms with Gasteiger partial charge in [-0.25, -0.2) is 9.67 Å². The molecule has 2 aromatic carbocycles. The van der Waals surface area contributed by atoms with Crippen molar-refractivity contribution < 1.29 is 14.5 Å². The maximum absolute atomic E-state index is 11.4. The number of nitrogens with zero attached hydrogens (tertiary/aromatic N) is 4. The SMILES string of the molecule is CCCCSc1sc(-n2cc(Cc3ccccc3[N+](=O)[O-])c(C)n2)nc1-c1ccc(Cl)c(Cl)c1.O=C=O. The number of nitro groups is 1. The van der Waals surface area contributed by atoms with Gasteiger partial charge in [0.1, 0.15) is 0 Å². The first-order valence-corrected chi connectivity index (χ1v) is 13.7. The molecular weight excluding hydrogens is 555 g/mol.